The van der Waals surface area contributed by atoms with Crippen molar-refractivity contribution >= 4 is 12.4 Å². The summed E-state index contributed by atoms with van der Waals surface area (Å²) in [5.41, 5.74) is 4.61. The van der Waals surface area contributed by atoms with Crippen molar-refractivity contribution in [1.82, 2.24) is 0 Å². The number of allylic oxidation sites excluding steroid dienone is 6. The van der Waals surface area contributed by atoms with Crippen LogP contribution in [0.5, 0.6) is 0 Å². The van der Waals surface area contributed by atoms with Gasteiger partial charge >= 0.3 is 0 Å². The average Bonchev–Trinajstić information content (AvgIpc) is 3.04. The van der Waals surface area contributed by atoms with Gasteiger partial charge in [-0.05, 0) is 91.9 Å². The zero-order chi connectivity index (χ0) is 21.2. The maximum atomic E-state index is 10.0. The normalized spacial score (nSPS) is 36.9. The van der Waals surface area contributed by atoms with E-state index in [0.29, 0.717) is 17.3 Å². The van der Waals surface area contributed by atoms with Crippen LogP contribution in [0.4, 0.5) is 0 Å². The quantitative estimate of drug-likeness (QED) is 0.435. The lowest BCUT2D eigenvalue weighted by atomic mass is 9.61. The van der Waals surface area contributed by atoms with Gasteiger partial charge in [0.05, 0.1) is 6.10 Å². The summed E-state index contributed by atoms with van der Waals surface area (Å²) in [5.74, 6) is 3.58. The Kier molecular flexibility index (Phi) is 9.07. The molecule has 0 radical (unpaired) electrons. The maximum absolute atomic E-state index is 10.0. The van der Waals surface area contributed by atoms with Crippen LogP contribution in [0.2, 0.25) is 0 Å². The predicted molar refractivity (Wildman–Crippen MR) is 133 cm³/mol. The summed E-state index contributed by atoms with van der Waals surface area (Å²) in [6, 6.07) is 0. The molecule has 3 saturated carbocycles. The molecule has 1 nitrogen and oxygen atoms in total. The molecule has 170 valence electrons. The van der Waals surface area contributed by atoms with Crippen molar-refractivity contribution in [2.24, 2.45) is 35.0 Å². The summed E-state index contributed by atoms with van der Waals surface area (Å²) in [4.78, 5) is 0. The lowest BCUT2D eigenvalue weighted by Gasteiger charge is -2.44. The molecule has 30 heavy (non-hydrogen) atoms. The van der Waals surface area contributed by atoms with E-state index < -0.39 is 0 Å². The van der Waals surface area contributed by atoms with Gasteiger partial charge < -0.3 is 5.11 Å². The van der Waals surface area contributed by atoms with Crippen molar-refractivity contribution in [2.45, 2.75) is 92.1 Å². The molecule has 0 aromatic carbocycles. The molecule has 0 bridgehead atoms. The van der Waals surface area contributed by atoms with Crippen molar-refractivity contribution in [3.8, 4) is 0 Å². The second-order valence-electron chi connectivity index (χ2n) is 10.9. The van der Waals surface area contributed by atoms with Crippen LogP contribution in [0.3, 0.4) is 0 Å². The Morgan fingerprint density at radius 3 is 2.47 bits per heavy atom. The maximum Gasteiger partial charge on any atom is 0.0583 e. The summed E-state index contributed by atoms with van der Waals surface area (Å²) in [7, 11) is 0. The lowest BCUT2D eigenvalue weighted by molar-refractivity contribution is 0.112. The average molecular weight is 433 g/mol. The van der Waals surface area contributed by atoms with Gasteiger partial charge in [-0.15, -0.1) is 12.4 Å². The van der Waals surface area contributed by atoms with Gasteiger partial charge in [-0.2, -0.15) is 0 Å². The summed E-state index contributed by atoms with van der Waals surface area (Å²) >= 11 is 0. The van der Waals surface area contributed by atoms with Gasteiger partial charge in [0.15, 0.2) is 0 Å². The highest BCUT2D eigenvalue weighted by Gasteiger charge is 2.50. The molecule has 3 rings (SSSR count). The van der Waals surface area contributed by atoms with Crippen LogP contribution in [0.1, 0.15) is 86.0 Å². The Hall–Kier alpha value is -0.790. The van der Waals surface area contributed by atoms with Crippen LogP contribution in [0.15, 0.2) is 47.6 Å². The highest BCUT2D eigenvalue weighted by atomic mass is 35.5. The largest absolute Gasteiger partial charge is 0.393 e. The molecule has 3 aliphatic rings. The fourth-order valence-corrected chi connectivity index (χ4v) is 6.25. The highest BCUT2D eigenvalue weighted by molar-refractivity contribution is 5.85. The van der Waals surface area contributed by atoms with Crippen molar-refractivity contribution in [3.63, 3.8) is 0 Å². The molecule has 0 amide bonds. The first-order chi connectivity index (χ1) is 13.7. The zero-order valence-electron chi connectivity index (χ0n) is 20.0. The number of halogens is 1. The molecule has 0 heterocycles. The highest BCUT2D eigenvalue weighted by Crippen LogP contribution is 2.59. The van der Waals surface area contributed by atoms with Crippen molar-refractivity contribution in [2.75, 3.05) is 0 Å². The standard InChI is InChI=1S/C28H44O.ClH/c1-19(2)20(3)9-10-22(5)26-15-16-27-23(8-7-17-28(26,27)6)12-13-24-18-25(29)14-11-21(24)4;/h9-10,12-13,19-20,22,25-27,29H,4,7-8,11,14-18H2,1-3,5-6H3;1H/t20-,22+,25-,26+,27?,28+;/m0./s1. The van der Waals surface area contributed by atoms with Crippen molar-refractivity contribution < 1.29 is 5.11 Å². The van der Waals surface area contributed by atoms with Gasteiger partial charge in [-0.25, -0.2) is 0 Å². The van der Waals surface area contributed by atoms with Gasteiger partial charge in [-0.3, -0.25) is 0 Å². The van der Waals surface area contributed by atoms with Crippen molar-refractivity contribution in [1.29, 1.82) is 0 Å². The third kappa shape index (κ3) is 5.52. The Bertz CT molecular complexity index is 685. The number of rotatable bonds is 5. The first-order valence-electron chi connectivity index (χ1n) is 12.2. The number of hydrogen-bond donors (Lipinski definition) is 1. The zero-order valence-corrected chi connectivity index (χ0v) is 20.8. The van der Waals surface area contributed by atoms with E-state index in [1.54, 1.807) is 5.57 Å². The van der Waals surface area contributed by atoms with Gasteiger partial charge in [0.1, 0.15) is 0 Å². The van der Waals surface area contributed by atoms with E-state index in [9.17, 15) is 5.11 Å². The third-order valence-corrected chi connectivity index (χ3v) is 8.63. The summed E-state index contributed by atoms with van der Waals surface area (Å²) in [6.45, 7) is 16.3. The Morgan fingerprint density at radius 2 is 1.77 bits per heavy atom. The van der Waals surface area contributed by atoms with E-state index in [4.69, 9.17) is 0 Å². The Morgan fingerprint density at radius 1 is 1.03 bits per heavy atom. The van der Waals surface area contributed by atoms with Gasteiger partial charge in [0.25, 0.3) is 0 Å². The van der Waals surface area contributed by atoms with E-state index in [0.717, 1.165) is 37.0 Å². The lowest BCUT2D eigenvalue weighted by Crippen LogP contribution is -2.35. The van der Waals surface area contributed by atoms with Crippen LogP contribution < -0.4 is 0 Å². The topological polar surface area (TPSA) is 20.2 Å². The van der Waals surface area contributed by atoms with E-state index >= 15 is 0 Å². The molecule has 1 N–H and O–H groups in total. The predicted octanol–water partition coefficient (Wildman–Crippen LogP) is 8.06. The second kappa shape index (κ2) is 10.7. The second-order valence-corrected chi connectivity index (χ2v) is 10.9. The fourth-order valence-electron chi connectivity index (χ4n) is 6.25. The van der Waals surface area contributed by atoms with Crippen LogP contribution in [-0.4, -0.2) is 11.2 Å². The Labute approximate surface area is 192 Å². The summed E-state index contributed by atoms with van der Waals surface area (Å²) in [6.07, 6.45) is 18.8. The van der Waals surface area contributed by atoms with E-state index in [2.05, 4.69) is 65.5 Å². The van der Waals surface area contributed by atoms with Crippen LogP contribution in [0.25, 0.3) is 0 Å². The summed E-state index contributed by atoms with van der Waals surface area (Å²) in [5, 5.41) is 10.0. The number of aliphatic hydroxyl groups excluding tert-OH is 1. The number of aliphatic hydroxyl groups is 1. The Balaban J connectivity index is 0.00000320. The first kappa shape index (κ1) is 25.5. The molecule has 0 saturated heterocycles. The van der Waals surface area contributed by atoms with Gasteiger partial charge in [0.2, 0.25) is 0 Å². The van der Waals surface area contributed by atoms with Crippen LogP contribution in [0, 0.1) is 35.0 Å². The van der Waals surface area contributed by atoms with E-state index in [1.165, 1.54) is 43.3 Å². The molecule has 0 spiro atoms. The molecule has 2 heteroatoms. The molecule has 6 atom stereocenters. The minimum atomic E-state index is -0.182. The minimum Gasteiger partial charge on any atom is -0.393 e. The molecule has 3 aliphatic carbocycles. The van der Waals surface area contributed by atoms with E-state index in [1.807, 2.05) is 0 Å². The van der Waals surface area contributed by atoms with Gasteiger partial charge in [0, 0.05) is 0 Å². The molecular weight excluding hydrogens is 388 g/mol. The van der Waals surface area contributed by atoms with Gasteiger partial charge in [-0.1, -0.05) is 76.6 Å². The van der Waals surface area contributed by atoms with E-state index in [-0.39, 0.29) is 18.5 Å². The van der Waals surface area contributed by atoms with Crippen LogP contribution in [-0.2, 0) is 0 Å². The third-order valence-electron chi connectivity index (χ3n) is 8.63. The molecule has 0 aliphatic heterocycles. The van der Waals surface area contributed by atoms with Crippen molar-refractivity contribution in [3.05, 3.63) is 47.6 Å². The molecular formula is C28H45ClO. The molecule has 0 aromatic heterocycles. The minimum absolute atomic E-state index is 0. The first-order valence-corrected chi connectivity index (χ1v) is 12.2. The van der Waals surface area contributed by atoms with Crippen LogP contribution >= 0.6 is 12.4 Å². The molecule has 0 aromatic rings. The molecule has 3 fully saturated rings. The monoisotopic (exact) mass is 432 g/mol. The number of hydrogen-bond acceptors (Lipinski definition) is 1. The molecule has 1 unspecified atom stereocenters. The summed E-state index contributed by atoms with van der Waals surface area (Å²) < 4.78 is 0. The fraction of sp³-hybridized carbons (Fsp3) is 0.714. The SMILES string of the molecule is C=C1CC[C@H](O)CC1=CC=C1CCC[C@@]2(C)C1CC[C@@H]2[C@H](C)C=C[C@H](C)C(C)C.Cl. The smallest absolute Gasteiger partial charge is 0.0583 e. The number of fused-ring (bicyclic) bond motifs is 1.